The molecule has 7 nitrogen and oxygen atoms in total. The Hall–Kier alpha value is -3.20. The topological polar surface area (TPSA) is 95.6 Å². The summed E-state index contributed by atoms with van der Waals surface area (Å²) in [6.07, 6.45) is 1.58. The summed E-state index contributed by atoms with van der Waals surface area (Å²) in [6.45, 7) is 1.83. The van der Waals surface area contributed by atoms with E-state index in [1.165, 1.54) is 28.6 Å². The van der Waals surface area contributed by atoms with Crippen molar-refractivity contribution in [2.24, 2.45) is 0 Å². The van der Waals surface area contributed by atoms with Crippen LogP contribution in [0.5, 0.6) is 0 Å². The fourth-order valence-corrected chi connectivity index (χ4v) is 3.06. The molecule has 0 spiro atoms. The first-order chi connectivity index (χ1) is 12.6. The molecule has 0 saturated carbocycles. The number of aryl methyl sites for hydroxylation is 1. The number of rotatable bonds is 4. The van der Waals surface area contributed by atoms with Gasteiger partial charge in [0.15, 0.2) is 5.82 Å². The lowest BCUT2D eigenvalue weighted by atomic mass is 10.1. The minimum absolute atomic E-state index is 0.292. The van der Waals surface area contributed by atoms with Crippen molar-refractivity contribution >= 4 is 11.8 Å². The molecule has 26 heavy (non-hydrogen) atoms. The Morgan fingerprint density at radius 3 is 2.46 bits per heavy atom. The SMILES string of the molecule is Cc1occc1-c1nnc(Sc2ccc(-c3ccc(F)cc3)nn2)n1N. The van der Waals surface area contributed by atoms with Gasteiger partial charge in [-0.2, -0.15) is 0 Å². The average Bonchev–Trinajstić information content (AvgIpc) is 3.22. The van der Waals surface area contributed by atoms with Crippen molar-refractivity contribution in [1.29, 1.82) is 0 Å². The van der Waals surface area contributed by atoms with Gasteiger partial charge in [0, 0.05) is 5.56 Å². The average molecular weight is 368 g/mol. The number of furan rings is 1. The Kier molecular flexibility index (Phi) is 4.13. The van der Waals surface area contributed by atoms with Crippen LogP contribution < -0.4 is 5.84 Å². The molecule has 9 heteroatoms. The van der Waals surface area contributed by atoms with E-state index >= 15 is 0 Å². The van der Waals surface area contributed by atoms with Crippen LogP contribution in [-0.2, 0) is 0 Å². The highest BCUT2D eigenvalue weighted by atomic mass is 32.2. The zero-order valence-corrected chi connectivity index (χ0v) is 14.4. The Morgan fingerprint density at radius 2 is 1.81 bits per heavy atom. The molecule has 0 unspecified atom stereocenters. The Balaban J connectivity index is 1.56. The van der Waals surface area contributed by atoms with Crippen LogP contribution in [0.2, 0.25) is 0 Å². The van der Waals surface area contributed by atoms with Gasteiger partial charge in [0.25, 0.3) is 0 Å². The molecule has 3 heterocycles. The van der Waals surface area contributed by atoms with Crippen LogP contribution in [0, 0.1) is 12.7 Å². The number of nitrogens with zero attached hydrogens (tertiary/aromatic N) is 5. The monoisotopic (exact) mass is 368 g/mol. The molecule has 0 radical (unpaired) electrons. The normalized spacial score (nSPS) is 11.0. The van der Waals surface area contributed by atoms with E-state index in [0.29, 0.717) is 27.5 Å². The van der Waals surface area contributed by atoms with Gasteiger partial charge in [0.05, 0.1) is 17.5 Å². The molecular formula is C17H13FN6OS. The molecule has 0 aliphatic heterocycles. The second-order valence-electron chi connectivity index (χ2n) is 5.43. The van der Waals surface area contributed by atoms with E-state index in [4.69, 9.17) is 10.3 Å². The van der Waals surface area contributed by atoms with Crippen molar-refractivity contribution in [1.82, 2.24) is 25.1 Å². The second kappa shape index (κ2) is 6.60. The summed E-state index contributed by atoms with van der Waals surface area (Å²) in [4.78, 5) is 0. The van der Waals surface area contributed by atoms with Crippen molar-refractivity contribution in [2.75, 3.05) is 5.84 Å². The molecule has 0 amide bonds. The van der Waals surface area contributed by atoms with Gasteiger partial charge < -0.3 is 10.3 Å². The molecule has 4 rings (SSSR count). The molecule has 0 atom stereocenters. The van der Waals surface area contributed by atoms with Crippen molar-refractivity contribution in [3.8, 4) is 22.6 Å². The zero-order valence-electron chi connectivity index (χ0n) is 13.6. The van der Waals surface area contributed by atoms with Crippen LogP contribution in [0.4, 0.5) is 4.39 Å². The van der Waals surface area contributed by atoms with Crippen LogP contribution in [0.25, 0.3) is 22.6 Å². The van der Waals surface area contributed by atoms with Gasteiger partial charge in [0.1, 0.15) is 16.6 Å². The minimum Gasteiger partial charge on any atom is -0.469 e. The minimum atomic E-state index is -0.292. The van der Waals surface area contributed by atoms with Gasteiger partial charge in [-0.05, 0) is 61.2 Å². The fourth-order valence-electron chi connectivity index (χ4n) is 2.39. The highest BCUT2D eigenvalue weighted by Gasteiger charge is 2.16. The lowest BCUT2D eigenvalue weighted by molar-refractivity contribution is 0.535. The van der Waals surface area contributed by atoms with E-state index in [0.717, 1.165) is 11.1 Å². The summed E-state index contributed by atoms with van der Waals surface area (Å²) in [6, 6.07) is 11.5. The quantitative estimate of drug-likeness (QED) is 0.552. The maximum Gasteiger partial charge on any atom is 0.216 e. The van der Waals surface area contributed by atoms with Crippen LogP contribution in [-0.4, -0.2) is 25.1 Å². The van der Waals surface area contributed by atoms with Crippen LogP contribution in [0.15, 0.2) is 63.3 Å². The van der Waals surface area contributed by atoms with Crippen LogP contribution in [0.1, 0.15) is 5.76 Å². The maximum atomic E-state index is 13.0. The molecule has 0 saturated heterocycles. The van der Waals surface area contributed by atoms with Gasteiger partial charge in [-0.3, -0.25) is 0 Å². The smallest absolute Gasteiger partial charge is 0.216 e. The second-order valence-corrected chi connectivity index (χ2v) is 6.42. The number of aromatic nitrogens is 5. The van der Waals surface area contributed by atoms with Gasteiger partial charge in [0.2, 0.25) is 5.16 Å². The van der Waals surface area contributed by atoms with Gasteiger partial charge >= 0.3 is 0 Å². The molecule has 4 aromatic rings. The predicted octanol–water partition coefficient (Wildman–Crippen LogP) is 3.31. The number of benzene rings is 1. The Bertz CT molecular complexity index is 1040. The van der Waals surface area contributed by atoms with Crippen LogP contribution >= 0.6 is 11.8 Å². The molecule has 3 aromatic heterocycles. The third-order valence-electron chi connectivity index (χ3n) is 3.74. The summed E-state index contributed by atoms with van der Waals surface area (Å²) in [5.41, 5.74) is 2.22. The van der Waals surface area contributed by atoms with E-state index in [1.54, 1.807) is 36.6 Å². The standard InChI is InChI=1S/C17H13FN6OS/c1-10-13(8-9-25-10)16-22-23-17(24(16)19)26-15-7-6-14(20-21-15)11-2-4-12(18)5-3-11/h2-9H,19H2,1H3. The number of halogens is 1. The summed E-state index contributed by atoms with van der Waals surface area (Å²) >= 11 is 1.24. The first-order valence-electron chi connectivity index (χ1n) is 7.64. The van der Waals surface area contributed by atoms with Crippen molar-refractivity contribution in [3.63, 3.8) is 0 Å². The summed E-state index contributed by atoms with van der Waals surface area (Å²) in [5.74, 6) is 7.02. The lowest BCUT2D eigenvalue weighted by Crippen LogP contribution is -2.11. The summed E-state index contributed by atoms with van der Waals surface area (Å²) in [5, 5.41) is 17.6. The Morgan fingerprint density at radius 1 is 1.00 bits per heavy atom. The van der Waals surface area contributed by atoms with E-state index < -0.39 is 0 Å². The zero-order chi connectivity index (χ0) is 18.1. The van der Waals surface area contributed by atoms with E-state index in [9.17, 15) is 4.39 Å². The summed E-state index contributed by atoms with van der Waals surface area (Å²) < 4.78 is 19.7. The van der Waals surface area contributed by atoms with E-state index in [1.807, 2.05) is 6.92 Å². The molecule has 0 bridgehead atoms. The van der Waals surface area contributed by atoms with Gasteiger partial charge in [-0.25, -0.2) is 9.07 Å². The van der Waals surface area contributed by atoms with Gasteiger partial charge in [-0.1, -0.05) is 0 Å². The molecule has 0 aliphatic rings. The third kappa shape index (κ3) is 3.04. The number of hydrogen-bond acceptors (Lipinski definition) is 7. The van der Waals surface area contributed by atoms with E-state index in [2.05, 4.69) is 20.4 Å². The molecule has 130 valence electrons. The predicted molar refractivity (Wildman–Crippen MR) is 94.2 cm³/mol. The number of nitrogen functional groups attached to an aromatic ring is 1. The van der Waals surface area contributed by atoms with Crippen molar-refractivity contribution in [2.45, 2.75) is 17.1 Å². The first kappa shape index (κ1) is 16.3. The fraction of sp³-hybridized carbons (Fsp3) is 0.0588. The third-order valence-corrected chi connectivity index (χ3v) is 4.63. The largest absolute Gasteiger partial charge is 0.469 e. The van der Waals surface area contributed by atoms with Gasteiger partial charge in [-0.15, -0.1) is 20.4 Å². The molecule has 2 N–H and O–H groups in total. The highest BCUT2D eigenvalue weighted by molar-refractivity contribution is 7.99. The summed E-state index contributed by atoms with van der Waals surface area (Å²) in [7, 11) is 0. The van der Waals surface area contributed by atoms with Crippen molar-refractivity contribution in [3.05, 3.63) is 60.3 Å². The molecule has 0 fully saturated rings. The number of hydrogen-bond donors (Lipinski definition) is 1. The maximum absolute atomic E-state index is 13.0. The van der Waals surface area contributed by atoms with Crippen molar-refractivity contribution < 1.29 is 8.81 Å². The molecule has 1 aromatic carbocycles. The number of nitrogens with two attached hydrogens (primary N) is 1. The molecular weight excluding hydrogens is 355 g/mol. The van der Waals surface area contributed by atoms with E-state index in [-0.39, 0.29) is 5.82 Å². The highest BCUT2D eigenvalue weighted by Crippen LogP contribution is 2.28. The lowest BCUT2D eigenvalue weighted by Gasteiger charge is -2.03. The Labute approximate surface area is 152 Å². The van der Waals surface area contributed by atoms with Crippen LogP contribution in [0.3, 0.4) is 0 Å². The molecule has 0 aliphatic carbocycles. The first-order valence-corrected chi connectivity index (χ1v) is 8.46.